The number of carbonyl (C=O) groups excluding carboxylic acids is 1. The van der Waals surface area contributed by atoms with Crippen molar-refractivity contribution in [3.8, 4) is 0 Å². The van der Waals surface area contributed by atoms with Crippen LogP contribution in [-0.4, -0.2) is 38.7 Å². The van der Waals surface area contributed by atoms with E-state index in [1.165, 1.54) is 4.90 Å². The van der Waals surface area contributed by atoms with Crippen LogP contribution in [0.25, 0.3) is 0 Å². The molecule has 2 heterocycles. The maximum atomic E-state index is 12.7. The minimum atomic E-state index is -4.53. The lowest BCUT2D eigenvalue weighted by Gasteiger charge is -2.33. The minimum Gasteiger partial charge on any atom is -0.333 e. The normalized spacial score (nSPS) is 16.2. The molecule has 1 amide bonds. The fraction of sp³-hybridized carbons (Fsp3) is 0.727. The molecule has 1 aromatic rings. The van der Waals surface area contributed by atoms with E-state index in [2.05, 4.69) is 10.2 Å². The lowest BCUT2D eigenvalue weighted by Crippen LogP contribution is -2.47. The molecular weight excluding hydrogens is 275 g/mol. The molecule has 9 heteroatoms. The van der Waals surface area contributed by atoms with E-state index < -0.39 is 17.4 Å². The van der Waals surface area contributed by atoms with E-state index in [4.69, 9.17) is 5.73 Å². The van der Waals surface area contributed by atoms with Crippen LogP contribution in [-0.2, 0) is 24.1 Å². The summed E-state index contributed by atoms with van der Waals surface area (Å²) in [4.78, 5) is 13.7. The molecule has 6 nitrogen and oxygen atoms in total. The molecule has 112 valence electrons. The zero-order chi connectivity index (χ0) is 15.1. The number of hydrogen-bond donors (Lipinski definition) is 1. The molecule has 1 aliphatic heterocycles. The van der Waals surface area contributed by atoms with Crippen molar-refractivity contribution in [3.63, 3.8) is 0 Å². The predicted molar refractivity (Wildman–Crippen MR) is 63.3 cm³/mol. The standard InChI is InChI=1S/C11H16F3N5O/c1-10(2,6-15)9(20)18-3-4-19-7(5-18)16-17-8(19)11(12,13)14/h3-6,15H2,1-2H3. The van der Waals surface area contributed by atoms with Gasteiger partial charge in [0.15, 0.2) is 5.82 Å². The molecule has 0 aliphatic carbocycles. The number of aromatic nitrogens is 3. The summed E-state index contributed by atoms with van der Waals surface area (Å²) < 4.78 is 39.1. The van der Waals surface area contributed by atoms with E-state index in [0.717, 1.165) is 4.57 Å². The fourth-order valence-electron chi connectivity index (χ4n) is 2.06. The molecule has 0 atom stereocenters. The number of halogens is 3. The van der Waals surface area contributed by atoms with Crippen LogP contribution in [0.5, 0.6) is 0 Å². The molecule has 0 bridgehead atoms. The van der Waals surface area contributed by atoms with Crippen LogP contribution in [0.4, 0.5) is 13.2 Å². The number of hydrogen-bond acceptors (Lipinski definition) is 4. The number of rotatable bonds is 2. The Bertz CT molecular complexity index is 523. The second-order valence-electron chi connectivity index (χ2n) is 5.40. The van der Waals surface area contributed by atoms with Gasteiger partial charge in [-0.15, -0.1) is 10.2 Å². The molecular formula is C11H16F3N5O. The van der Waals surface area contributed by atoms with Crippen LogP contribution in [0.3, 0.4) is 0 Å². The smallest absolute Gasteiger partial charge is 0.333 e. The van der Waals surface area contributed by atoms with Crippen molar-refractivity contribution in [2.24, 2.45) is 11.1 Å². The van der Waals surface area contributed by atoms with E-state index >= 15 is 0 Å². The summed E-state index contributed by atoms with van der Waals surface area (Å²) in [5.41, 5.74) is 4.80. The highest BCUT2D eigenvalue weighted by molar-refractivity contribution is 5.82. The Morgan fingerprint density at radius 3 is 2.50 bits per heavy atom. The zero-order valence-electron chi connectivity index (χ0n) is 11.2. The third kappa shape index (κ3) is 2.49. The maximum absolute atomic E-state index is 12.7. The van der Waals surface area contributed by atoms with Crippen molar-refractivity contribution >= 4 is 5.91 Å². The Morgan fingerprint density at radius 1 is 1.30 bits per heavy atom. The van der Waals surface area contributed by atoms with Gasteiger partial charge in [-0.1, -0.05) is 0 Å². The minimum absolute atomic E-state index is 0.0192. The van der Waals surface area contributed by atoms with Crippen molar-refractivity contribution < 1.29 is 18.0 Å². The van der Waals surface area contributed by atoms with Gasteiger partial charge >= 0.3 is 6.18 Å². The molecule has 0 unspecified atom stereocenters. The van der Waals surface area contributed by atoms with Crippen LogP contribution in [0.2, 0.25) is 0 Å². The van der Waals surface area contributed by atoms with E-state index in [9.17, 15) is 18.0 Å². The van der Waals surface area contributed by atoms with Gasteiger partial charge in [0, 0.05) is 19.6 Å². The van der Waals surface area contributed by atoms with Gasteiger partial charge in [-0.3, -0.25) is 4.79 Å². The topological polar surface area (TPSA) is 77.0 Å². The summed E-state index contributed by atoms with van der Waals surface area (Å²) in [6.45, 7) is 3.82. The van der Waals surface area contributed by atoms with Gasteiger partial charge in [-0.05, 0) is 13.8 Å². The Labute approximate surface area is 113 Å². The molecule has 0 saturated carbocycles. The van der Waals surface area contributed by atoms with E-state index in [0.29, 0.717) is 0 Å². The summed E-state index contributed by atoms with van der Waals surface area (Å²) in [6, 6.07) is 0. The number of nitrogens with zero attached hydrogens (tertiary/aromatic N) is 4. The molecule has 0 fully saturated rings. The average Bonchev–Trinajstić information content (AvgIpc) is 2.80. The van der Waals surface area contributed by atoms with Gasteiger partial charge in [-0.2, -0.15) is 13.2 Å². The molecule has 1 aliphatic rings. The molecule has 2 rings (SSSR count). The third-order valence-corrected chi connectivity index (χ3v) is 3.38. The quantitative estimate of drug-likeness (QED) is 0.866. The van der Waals surface area contributed by atoms with Crippen molar-refractivity contribution in [1.29, 1.82) is 0 Å². The van der Waals surface area contributed by atoms with Crippen molar-refractivity contribution in [3.05, 3.63) is 11.6 Å². The first-order valence-corrected chi connectivity index (χ1v) is 6.15. The van der Waals surface area contributed by atoms with E-state index in [1.54, 1.807) is 13.8 Å². The number of carbonyl (C=O) groups is 1. The Hall–Kier alpha value is -1.64. The lowest BCUT2D eigenvalue weighted by atomic mass is 9.91. The molecule has 1 aromatic heterocycles. The van der Waals surface area contributed by atoms with Gasteiger partial charge in [0.05, 0.1) is 12.0 Å². The third-order valence-electron chi connectivity index (χ3n) is 3.38. The van der Waals surface area contributed by atoms with Gasteiger partial charge in [0.2, 0.25) is 11.7 Å². The van der Waals surface area contributed by atoms with Crippen molar-refractivity contribution in [2.75, 3.05) is 13.1 Å². The number of alkyl halides is 3. The van der Waals surface area contributed by atoms with Gasteiger partial charge in [0.1, 0.15) is 0 Å². The second-order valence-corrected chi connectivity index (χ2v) is 5.40. The Balaban J connectivity index is 2.21. The maximum Gasteiger partial charge on any atom is 0.451 e. The van der Waals surface area contributed by atoms with Crippen LogP contribution < -0.4 is 5.73 Å². The number of amides is 1. The van der Waals surface area contributed by atoms with Crippen LogP contribution >= 0.6 is 0 Å². The summed E-state index contributed by atoms with van der Waals surface area (Å²) in [6.07, 6.45) is -4.53. The summed E-state index contributed by atoms with van der Waals surface area (Å²) in [5.74, 6) is -1.06. The van der Waals surface area contributed by atoms with Gasteiger partial charge in [0.25, 0.3) is 0 Å². The highest BCUT2D eigenvalue weighted by Crippen LogP contribution is 2.30. The van der Waals surface area contributed by atoms with Gasteiger partial charge in [-0.25, -0.2) is 0 Å². The highest BCUT2D eigenvalue weighted by Gasteiger charge is 2.41. The summed E-state index contributed by atoms with van der Waals surface area (Å²) in [5, 5.41) is 6.70. The first kappa shape index (κ1) is 14.8. The monoisotopic (exact) mass is 291 g/mol. The van der Waals surface area contributed by atoms with Crippen LogP contribution in [0.15, 0.2) is 0 Å². The van der Waals surface area contributed by atoms with E-state index in [1.807, 2.05) is 0 Å². The van der Waals surface area contributed by atoms with Crippen molar-refractivity contribution in [1.82, 2.24) is 19.7 Å². The fourth-order valence-corrected chi connectivity index (χ4v) is 2.06. The second kappa shape index (κ2) is 4.72. The van der Waals surface area contributed by atoms with Gasteiger partial charge < -0.3 is 15.2 Å². The Kier molecular flexibility index (Phi) is 3.49. The van der Waals surface area contributed by atoms with Crippen LogP contribution in [0.1, 0.15) is 25.5 Å². The molecule has 0 radical (unpaired) electrons. The lowest BCUT2D eigenvalue weighted by molar-refractivity contribution is -0.148. The number of nitrogens with two attached hydrogens (primary N) is 1. The summed E-state index contributed by atoms with van der Waals surface area (Å²) >= 11 is 0. The first-order chi connectivity index (χ1) is 9.16. The summed E-state index contributed by atoms with van der Waals surface area (Å²) in [7, 11) is 0. The number of fused-ring (bicyclic) bond motifs is 1. The van der Waals surface area contributed by atoms with Crippen molar-refractivity contribution in [2.45, 2.75) is 33.1 Å². The zero-order valence-corrected chi connectivity index (χ0v) is 11.2. The molecule has 2 N–H and O–H groups in total. The molecule has 0 aromatic carbocycles. The largest absolute Gasteiger partial charge is 0.451 e. The molecule has 20 heavy (non-hydrogen) atoms. The Morgan fingerprint density at radius 2 is 1.95 bits per heavy atom. The SMILES string of the molecule is CC(C)(CN)C(=O)N1CCn2c(nnc2C(F)(F)F)C1. The highest BCUT2D eigenvalue weighted by atomic mass is 19.4. The predicted octanol–water partition coefficient (Wildman–Crippen LogP) is 0.624. The molecule has 0 saturated heterocycles. The van der Waals surface area contributed by atoms with Crippen LogP contribution in [0, 0.1) is 5.41 Å². The first-order valence-electron chi connectivity index (χ1n) is 6.15. The average molecular weight is 291 g/mol. The van der Waals surface area contributed by atoms with E-state index in [-0.39, 0.29) is 37.9 Å². The molecule has 0 spiro atoms.